The Morgan fingerprint density at radius 1 is 1.10 bits per heavy atom. The Labute approximate surface area is 184 Å². The van der Waals surface area contributed by atoms with Crippen LogP contribution in [0.1, 0.15) is 61.1 Å². The number of ketones is 2. The number of nitrogens with zero attached hydrogens (tertiary/aromatic N) is 3. The summed E-state index contributed by atoms with van der Waals surface area (Å²) in [6, 6.07) is 6.67. The molecule has 9 heteroatoms. The zero-order valence-electron chi connectivity index (χ0n) is 17.4. The van der Waals surface area contributed by atoms with Crippen LogP contribution in [-0.2, 0) is 9.59 Å². The van der Waals surface area contributed by atoms with Gasteiger partial charge in [-0.3, -0.25) is 19.4 Å². The Kier molecular flexibility index (Phi) is 7.77. The predicted molar refractivity (Wildman–Crippen MR) is 115 cm³/mol. The fourth-order valence-corrected chi connectivity index (χ4v) is 3.62. The molecule has 0 bridgehead atoms. The van der Waals surface area contributed by atoms with Gasteiger partial charge in [-0.15, -0.1) is 11.3 Å². The molecule has 0 fully saturated rings. The van der Waals surface area contributed by atoms with Gasteiger partial charge >= 0.3 is 0 Å². The average molecular weight is 441 g/mol. The van der Waals surface area contributed by atoms with Gasteiger partial charge in [0.25, 0.3) is 0 Å². The van der Waals surface area contributed by atoms with Crippen molar-refractivity contribution in [3.63, 3.8) is 0 Å². The van der Waals surface area contributed by atoms with Crippen LogP contribution in [-0.4, -0.2) is 32.6 Å². The number of carbonyl (C=O) groups is 3. The minimum Gasteiger partial charge on any atom is -0.344 e. The van der Waals surface area contributed by atoms with E-state index in [1.54, 1.807) is 30.6 Å². The molecule has 1 unspecified atom stereocenters. The molecular formula is C22H24N4O4S. The first-order chi connectivity index (χ1) is 14.9. The Hall–Kier alpha value is -3.20. The van der Waals surface area contributed by atoms with Gasteiger partial charge in [-0.1, -0.05) is 25.1 Å². The van der Waals surface area contributed by atoms with E-state index >= 15 is 0 Å². The SMILES string of the molecule is CC(C)C(NC(=O)CCC(=O)CCC(=O)c1cccs1)c1nc(-c2cccnc2)no1. The summed E-state index contributed by atoms with van der Waals surface area (Å²) in [5.41, 5.74) is 0.717. The topological polar surface area (TPSA) is 115 Å². The highest BCUT2D eigenvalue weighted by atomic mass is 32.1. The van der Waals surface area contributed by atoms with Gasteiger partial charge in [-0.2, -0.15) is 4.98 Å². The Bertz CT molecular complexity index is 1020. The van der Waals surface area contributed by atoms with Gasteiger partial charge in [-0.05, 0) is 29.5 Å². The second kappa shape index (κ2) is 10.7. The monoisotopic (exact) mass is 440 g/mol. The number of aromatic nitrogens is 3. The van der Waals surface area contributed by atoms with E-state index in [1.165, 1.54) is 11.3 Å². The number of amides is 1. The number of hydrogen-bond donors (Lipinski definition) is 1. The number of carbonyl (C=O) groups excluding carboxylic acids is 3. The zero-order valence-corrected chi connectivity index (χ0v) is 18.2. The van der Waals surface area contributed by atoms with Crippen LogP contribution in [0, 0.1) is 5.92 Å². The van der Waals surface area contributed by atoms with Gasteiger partial charge in [0.15, 0.2) is 5.78 Å². The first-order valence-corrected chi connectivity index (χ1v) is 10.9. The van der Waals surface area contributed by atoms with Crippen LogP contribution in [0.5, 0.6) is 0 Å². The normalized spacial score (nSPS) is 12.0. The molecule has 3 aromatic heterocycles. The van der Waals surface area contributed by atoms with Crippen molar-refractivity contribution in [1.82, 2.24) is 20.4 Å². The second-order valence-electron chi connectivity index (χ2n) is 7.43. The number of nitrogens with one attached hydrogen (secondary N) is 1. The molecule has 0 spiro atoms. The lowest BCUT2D eigenvalue weighted by Gasteiger charge is -2.18. The summed E-state index contributed by atoms with van der Waals surface area (Å²) in [7, 11) is 0. The molecule has 1 amide bonds. The van der Waals surface area contributed by atoms with Crippen molar-refractivity contribution in [3.8, 4) is 11.4 Å². The maximum atomic E-state index is 12.4. The maximum absolute atomic E-state index is 12.4. The van der Waals surface area contributed by atoms with E-state index in [0.29, 0.717) is 22.2 Å². The number of pyridine rings is 1. The van der Waals surface area contributed by atoms with Crippen LogP contribution in [0.2, 0.25) is 0 Å². The number of rotatable bonds is 11. The van der Waals surface area contributed by atoms with E-state index in [4.69, 9.17) is 4.52 Å². The fraction of sp³-hybridized carbons (Fsp3) is 0.364. The summed E-state index contributed by atoms with van der Waals surface area (Å²) in [4.78, 5) is 45.6. The van der Waals surface area contributed by atoms with Gasteiger partial charge in [0, 0.05) is 43.6 Å². The molecule has 0 saturated carbocycles. The molecule has 0 aliphatic heterocycles. The molecule has 0 aromatic carbocycles. The molecule has 0 aliphatic carbocycles. The van der Waals surface area contributed by atoms with Crippen molar-refractivity contribution in [1.29, 1.82) is 0 Å². The highest BCUT2D eigenvalue weighted by molar-refractivity contribution is 7.12. The lowest BCUT2D eigenvalue weighted by molar-refractivity contribution is -0.126. The Balaban J connectivity index is 1.50. The van der Waals surface area contributed by atoms with Gasteiger partial charge in [0.05, 0.1) is 4.88 Å². The van der Waals surface area contributed by atoms with Crippen molar-refractivity contribution in [2.75, 3.05) is 0 Å². The van der Waals surface area contributed by atoms with Crippen molar-refractivity contribution < 1.29 is 18.9 Å². The fourth-order valence-electron chi connectivity index (χ4n) is 2.92. The second-order valence-corrected chi connectivity index (χ2v) is 8.37. The molecule has 1 atom stereocenters. The van der Waals surface area contributed by atoms with E-state index in [-0.39, 0.29) is 49.1 Å². The van der Waals surface area contributed by atoms with Crippen molar-refractivity contribution >= 4 is 28.8 Å². The van der Waals surface area contributed by atoms with Gasteiger partial charge in [0.2, 0.25) is 17.6 Å². The quantitative estimate of drug-likeness (QED) is 0.448. The van der Waals surface area contributed by atoms with Crippen molar-refractivity contribution in [2.24, 2.45) is 5.92 Å². The first-order valence-electron chi connectivity index (χ1n) is 10.1. The van der Waals surface area contributed by atoms with Gasteiger partial charge in [-0.25, -0.2) is 0 Å². The van der Waals surface area contributed by atoms with Crippen LogP contribution in [0.4, 0.5) is 0 Å². The molecule has 1 N–H and O–H groups in total. The summed E-state index contributed by atoms with van der Waals surface area (Å²) >= 11 is 1.36. The minimum atomic E-state index is -0.471. The minimum absolute atomic E-state index is 0.00488. The van der Waals surface area contributed by atoms with Crippen LogP contribution >= 0.6 is 11.3 Å². The number of thiophene rings is 1. The molecule has 31 heavy (non-hydrogen) atoms. The van der Waals surface area contributed by atoms with E-state index in [2.05, 4.69) is 20.4 Å². The van der Waals surface area contributed by atoms with E-state index in [1.807, 2.05) is 25.3 Å². The summed E-state index contributed by atoms with van der Waals surface area (Å²) in [6.07, 6.45) is 3.70. The molecule has 0 saturated heterocycles. The third-order valence-electron chi connectivity index (χ3n) is 4.67. The number of Topliss-reactive ketones (excluding diaryl/α,β-unsaturated/α-hetero) is 2. The summed E-state index contributed by atoms with van der Waals surface area (Å²) in [6.45, 7) is 3.86. The molecule has 0 aliphatic rings. The largest absolute Gasteiger partial charge is 0.344 e. The average Bonchev–Trinajstić information content (AvgIpc) is 3.47. The molecule has 3 rings (SSSR count). The zero-order chi connectivity index (χ0) is 22.2. The van der Waals surface area contributed by atoms with E-state index < -0.39 is 6.04 Å². The van der Waals surface area contributed by atoms with Crippen molar-refractivity contribution in [3.05, 3.63) is 52.8 Å². The van der Waals surface area contributed by atoms with Crippen LogP contribution in [0.3, 0.4) is 0 Å². The van der Waals surface area contributed by atoms with Crippen LogP contribution < -0.4 is 5.32 Å². The van der Waals surface area contributed by atoms with Gasteiger partial charge < -0.3 is 9.84 Å². The molecular weight excluding hydrogens is 416 g/mol. The lowest BCUT2D eigenvalue weighted by atomic mass is 10.0. The highest BCUT2D eigenvalue weighted by Gasteiger charge is 2.25. The van der Waals surface area contributed by atoms with Crippen molar-refractivity contribution in [2.45, 2.75) is 45.6 Å². The lowest BCUT2D eigenvalue weighted by Crippen LogP contribution is -2.32. The van der Waals surface area contributed by atoms with Crippen LogP contribution in [0.25, 0.3) is 11.4 Å². The Morgan fingerprint density at radius 2 is 1.90 bits per heavy atom. The van der Waals surface area contributed by atoms with Gasteiger partial charge in [0.1, 0.15) is 11.8 Å². The summed E-state index contributed by atoms with van der Waals surface area (Å²) in [5.74, 6) is 0.262. The summed E-state index contributed by atoms with van der Waals surface area (Å²) < 4.78 is 5.36. The first kappa shape index (κ1) is 22.5. The molecule has 8 nitrogen and oxygen atoms in total. The molecule has 3 heterocycles. The molecule has 162 valence electrons. The maximum Gasteiger partial charge on any atom is 0.249 e. The standard InChI is InChI=1S/C22H24N4O4S/c1-14(2)20(22-25-21(26-30-22)15-5-3-11-23-13-15)24-19(29)10-8-16(27)7-9-17(28)18-6-4-12-31-18/h3-6,11-14,20H,7-10H2,1-2H3,(H,24,29). The Morgan fingerprint density at radius 3 is 2.58 bits per heavy atom. The molecule has 3 aromatic rings. The third-order valence-corrected chi connectivity index (χ3v) is 5.58. The van der Waals surface area contributed by atoms with E-state index in [0.717, 1.165) is 0 Å². The highest BCUT2D eigenvalue weighted by Crippen LogP contribution is 2.23. The molecule has 0 radical (unpaired) electrons. The smallest absolute Gasteiger partial charge is 0.249 e. The third kappa shape index (κ3) is 6.39. The number of hydrogen-bond acceptors (Lipinski definition) is 8. The predicted octanol–water partition coefficient (Wildman–Crippen LogP) is 4.02. The van der Waals surface area contributed by atoms with E-state index in [9.17, 15) is 14.4 Å². The van der Waals surface area contributed by atoms with Crippen LogP contribution in [0.15, 0.2) is 46.6 Å². The summed E-state index contributed by atoms with van der Waals surface area (Å²) in [5, 5.41) is 8.67.